The van der Waals surface area contributed by atoms with Crippen LogP contribution in [0.25, 0.3) is 0 Å². The van der Waals surface area contributed by atoms with Crippen LogP contribution in [0.5, 0.6) is 0 Å². The van der Waals surface area contributed by atoms with Gasteiger partial charge in [0.1, 0.15) is 0 Å². The second-order valence-corrected chi connectivity index (χ2v) is 4.12. The number of hydrogen-bond acceptors (Lipinski definition) is 3. The number of ether oxygens (including phenoxy) is 1. The van der Waals surface area contributed by atoms with E-state index in [4.69, 9.17) is 4.74 Å². The number of methoxy groups -OCH3 is 1. The van der Waals surface area contributed by atoms with Gasteiger partial charge in [0.2, 0.25) is 0 Å². The van der Waals surface area contributed by atoms with Crippen LogP contribution in [-0.4, -0.2) is 36.5 Å². The van der Waals surface area contributed by atoms with Crippen molar-refractivity contribution in [1.29, 1.82) is 0 Å². The summed E-state index contributed by atoms with van der Waals surface area (Å²) in [5, 5.41) is 12.7. The fourth-order valence-electron chi connectivity index (χ4n) is 1.93. The lowest BCUT2D eigenvalue weighted by Crippen LogP contribution is -2.61. The van der Waals surface area contributed by atoms with Gasteiger partial charge in [-0.3, -0.25) is 0 Å². The summed E-state index contributed by atoms with van der Waals surface area (Å²) in [4.78, 5) is 0. The Hall–Kier alpha value is -0.120. The van der Waals surface area contributed by atoms with E-state index < -0.39 is 0 Å². The molecule has 0 radical (unpaired) electrons. The maximum absolute atomic E-state index is 9.21. The van der Waals surface area contributed by atoms with Crippen LogP contribution in [-0.2, 0) is 4.74 Å². The summed E-state index contributed by atoms with van der Waals surface area (Å²) in [5.74, 6) is 0. The van der Waals surface area contributed by atoms with Gasteiger partial charge in [0.05, 0.1) is 12.7 Å². The van der Waals surface area contributed by atoms with Crippen LogP contribution in [0.15, 0.2) is 0 Å². The molecule has 0 heterocycles. The summed E-state index contributed by atoms with van der Waals surface area (Å²) in [6, 6.07) is 0.676. The first-order valence-corrected chi connectivity index (χ1v) is 4.69. The minimum absolute atomic E-state index is 0.00183. The lowest BCUT2D eigenvalue weighted by atomic mass is 9.74. The molecular formula is C9H17NO2. The minimum Gasteiger partial charge on any atom is -0.394 e. The fraction of sp³-hybridized carbons (Fsp3) is 1.00. The van der Waals surface area contributed by atoms with E-state index in [1.54, 1.807) is 7.11 Å². The summed E-state index contributed by atoms with van der Waals surface area (Å²) in [6.07, 6.45) is 4.86. The highest BCUT2D eigenvalue weighted by molar-refractivity contribution is 5.05. The van der Waals surface area contributed by atoms with Gasteiger partial charge < -0.3 is 15.2 Å². The minimum atomic E-state index is 0.00183. The van der Waals surface area contributed by atoms with Gasteiger partial charge in [-0.1, -0.05) is 0 Å². The van der Waals surface area contributed by atoms with Crippen LogP contribution >= 0.6 is 0 Å². The van der Waals surface area contributed by atoms with E-state index in [0.29, 0.717) is 12.1 Å². The molecule has 2 saturated carbocycles. The molecule has 3 nitrogen and oxygen atoms in total. The Morgan fingerprint density at radius 2 is 2.17 bits per heavy atom. The maximum Gasteiger partial charge on any atom is 0.0615 e. The Morgan fingerprint density at radius 1 is 1.50 bits per heavy atom. The molecule has 2 aliphatic carbocycles. The van der Waals surface area contributed by atoms with Crippen LogP contribution in [0.4, 0.5) is 0 Å². The molecule has 70 valence electrons. The molecule has 0 amide bonds. The zero-order chi connectivity index (χ0) is 8.60. The Balaban J connectivity index is 1.81. The van der Waals surface area contributed by atoms with E-state index in [-0.39, 0.29) is 12.1 Å². The van der Waals surface area contributed by atoms with E-state index in [0.717, 1.165) is 12.8 Å². The molecule has 0 bridgehead atoms. The summed E-state index contributed by atoms with van der Waals surface area (Å²) < 4.78 is 5.19. The van der Waals surface area contributed by atoms with Gasteiger partial charge in [-0.15, -0.1) is 0 Å². The van der Waals surface area contributed by atoms with Crippen molar-refractivity contribution in [3.63, 3.8) is 0 Å². The highest BCUT2D eigenvalue weighted by Gasteiger charge is 2.46. The lowest BCUT2D eigenvalue weighted by molar-refractivity contribution is -0.0532. The zero-order valence-corrected chi connectivity index (χ0v) is 7.55. The van der Waals surface area contributed by atoms with Gasteiger partial charge >= 0.3 is 0 Å². The van der Waals surface area contributed by atoms with Crippen molar-refractivity contribution < 1.29 is 9.84 Å². The van der Waals surface area contributed by atoms with E-state index >= 15 is 0 Å². The van der Waals surface area contributed by atoms with E-state index in [1.165, 1.54) is 12.8 Å². The van der Waals surface area contributed by atoms with Crippen molar-refractivity contribution in [1.82, 2.24) is 5.32 Å². The predicted molar refractivity (Wildman–Crippen MR) is 46.0 cm³/mol. The number of rotatable bonds is 4. The highest BCUT2D eigenvalue weighted by atomic mass is 16.5. The van der Waals surface area contributed by atoms with Gasteiger partial charge in [0.15, 0.2) is 0 Å². The van der Waals surface area contributed by atoms with Crippen molar-refractivity contribution in [2.75, 3.05) is 13.7 Å². The predicted octanol–water partition coefficient (Wildman–Crippen LogP) is 0.278. The third-order valence-electron chi connectivity index (χ3n) is 2.96. The standard InChI is InChI=1S/C9H17NO2/c1-12-8-4-9(5-8,6-11)10-7-2-3-7/h7-8,10-11H,2-6H2,1H3. The fourth-order valence-corrected chi connectivity index (χ4v) is 1.93. The molecule has 2 N–H and O–H groups in total. The SMILES string of the molecule is COC1CC(CO)(NC2CC2)C1. The topological polar surface area (TPSA) is 41.5 Å². The van der Waals surface area contributed by atoms with Crippen molar-refractivity contribution in [3.05, 3.63) is 0 Å². The van der Waals surface area contributed by atoms with Crippen molar-refractivity contribution in [3.8, 4) is 0 Å². The number of nitrogens with one attached hydrogen (secondary N) is 1. The third kappa shape index (κ3) is 1.49. The summed E-state index contributed by atoms with van der Waals surface area (Å²) in [6.45, 7) is 0.253. The Bertz CT molecular complexity index is 162. The van der Waals surface area contributed by atoms with Crippen molar-refractivity contribution >= 4 is 0 Å². The third-order valence-corrected chi connectivity index (χ3v) is 2.96. The molecule has 0 aliphatic heterocycles. The van der Waals surface area contributed by atoms with Crippen LogP contribution < -0.4 is 5.32 Å². The van der Waals surface area contributed by atoms with Gasteiger partial charge in [-0.2, -0.15) is 0 Å². The molecule has 12 heavy (non-hydrogen) atoms. The number of aliphatic hydroxyl groups is 1. The first-order valence-electron chi connectivity index (χ1n) is 4.69. The molecule has 2 fully saturated rings. The van der Waals surface area contributed by atoms with Gasteiger partial charge in [-0.25, -0.2) is 0 Å². The molecule has 0 aromatic carbocycles. The lowest BCUT2D eigenvalue weighted by Gasteiger charge is -2.46. The summed E-state index contributed by atoms with van der Waals surface area (Å²) >= 11 is 0. The molecular weight excluding hydrogens is 154 g/mol. The second-order valence-electron chi connectivity index (χ2n) is 4.12. The molecule has 3 heteroatoms. The van der Waals surface area contributed by atoms with E-state index in [1.807, 2.05) is 0 Å². The molecule has 0 atom stereocenters. The summed E-state index contributed by atoms with van der Waals surface area (Å²) in [5.41, 5.74) is 0.00183. The van der Waals surface area contributed by atoms with Crippen LogP contribution in [0.1, 0.15) is 25.7 Å². The quantitative estimate of drug-likeness (QED) is 0.638. The Kier molecular flexibility index (Phi) is 2.10. The molecule has 0 spiro atoms. The molecule has 0 aromatic heterocycles. The van der Waals surface area contributed by atoms with Crippen LogP contribution in [0.3, 0.4) is 0 Å². The Labute approximate surface area is 73.1 Å². The van der Waals surface area contributed by atoms with Crippen molar-refractivity contribution in [2.45, 2.75) is 43.4 Å². The molecule has 2 aliphatic rings. The largest absolute Gasteiger partial charge is 0.394 e. The molecule has 0 aromatic rings. The number of aliphatic hydroxyl groups excluding tert-OH is 1. The Morgan fingerprint density at radius 3 is 2.58 bits per heavy atom. The second kappa shape index (κ2) is 2.98. The number of hydrogen-bond donors (Lipinski definition) is 2. The summed E-state index contributed by atoms with van der Waals surface area (Å²) in [7, 11) is 1.74. The molecule has 0 unspecified atom stereocenters. The van der Waals surface area contributed by atoms with Gasteiger partial charge in [-0.05, 0) is 25.7 Å². The smallest absolute Gasteiger partial charge is 0.0615 e. The molecule has 2 rings (SSSR count). The van der Waals surface area contributed by atoms with Crippen LogP contribution in [0.2, 0.25) is 0 Å². The first-order chi connectivity index (χ1) is 5.78. The molecule has 0 saturated heterocycles. The zero-order valence-electron chi connectivity index (χ0n) is 7.55. The normalized spacial score (nSPS) is 41.0. The average Bonchev–Trinajstić information content (AvgIpc) is 2.79. The van der Waals surface area contributed by atoms with Crippen molar-refractivity contribution in [2.24, 2.45) is 0 Å². The average molecular weight is 171 g/mol. The highest BCUT2D eigenvalue weighted by Crippen LogP contribution is 2.37. The monoisotopic (exact) mass is 171 g/mol. The first kappa shape index (κ1) is 8.48. The van der Waals surface area contributed by atoms with E-state index in [2.05, 4.69) is 5.32 Å². The van der Waals surface area contributed by atoms with Gasteiger partial charge in [0.25, 0.3) is 0 Å². The van der Waals surface area contributed by atoms with E-state index in [9.17, 15) is 5.11 Å². The van der Waals surface area contributed by atoms with Gasteiger partial charge in [0, 0.05) is 18.7 Å². The maximum atomic E-state index is 9.21. The van der Waals surface area contributed by atoms with Crippen LogP contribution in [0, 0.1) is 0 Å².